The summed E-state index contributed by atoms with van der Waals surface area (Å²) in [6.45, 7) is 4.02. The van der Waals surface area contributed by atoms with Crippen molar-refractivity contribution in [3.63, 3.8) is 0 Å². The van der Waals surface area contributed by atoms with Gasteiger partial charge in [0.1, 0.15) is 0 Å². The van der Waals surface area contributed by atoms with Crippen molar-refractivity contribution >= 4 is 38.9 Å². The molecule has 0 aromatic heterocycles. The number of hydrogen-bond donors (Lipinski definition) is 2. The van der Waals surface area contributed by atoms with Gasteiger partial charge in [-0.15, -0.1) is 0 Å². The van der Waals surface area contributed by atoms with Crippen molar-refractivity contribution in [3.8, 4) is 0 Å². The zero-order chi connectivity index (χ0) is 20.3. The lowest BCUT2D eigenvalue weighted by molar-refractivity contribution is -0.118. The van der Waals surface area contributed by atoms with Gasteiger partial charge in [-0.05, 0) is 42.8 Å². The van der Waals surface area contributed by atoms with E-state index >= 15 is 0 Å². The van der Waals surface area contributed by atoms with Crippen LogP contribution >= 0.6 is 0 Å². The maximum atomic E-state index is 12.6. The van der Waals surface area contributed by atoms with Gasteiger partial charge in [-0.25, -0.2) is 8.42 Å². The molecule has 1 aliphatic heterocycles. The number of amides is 2. The van der Waals surface area contributed by atoms with E-state index in [4.69, 9.17) is 0 Å². The van der Waals surface area contributed by atoms with E-state index in [0.29, 0.717) is 35.6 Å². The highest BCUT2D eigenvalue weighted by atomic mass is 32.2. The Morgan fingerprint density at radius 2 is 1.68 bits per heavy atom. The molecule has 0 spiro atoms. The largest absolute Gasteiger partial charge is 0.326 e. The summed E-state index contributed by atoms with van der Waals surface area (Å²) in [6, 6.07) is 13.4. The summed E-state index contributed by atoms with van der Waals surface area (Å²) in [4.78, 5) is 24.4. The molecule has 0 aliphatic carbocycles. The molecular formula is C20H23N3O4S. The van der Waals surface area contributed by atoms with E-state index in [-0.39, 0.29) is 23.5 Å². The average Bonchev–Trinajstić information content (AvgIpc) is 3.01. The molecule has 8 heteroatoms. The van der Waals surface area contributed by atoms with Crippen molar-refractivity contribution in [2.24, 2.45) is 5.92 Å². The molecule has 148 valence electrons. The van der Waals surface area contributed by atoms with Crippen LogP contribution in [0.2, 0.25) is 0 Å². The van der Waals surface area contributed by atoms with Crippen molar-refractivity contribution < 1.29 is 18.0 Å². The second kappa shape index (κ2) is 8.02. The molecule has 1 fully saturated rings. The molecule has 0 atom stereocenters. The maximum Gasteiger partial charge on any atom is 0.255 e. The third-order valence-electron chi connectivity index (χ3n) is 4.41. The number of nitrogens with zero attached hydrogens (tertiary/aromatic N) is 1. The van der Waals surface area contributed by atoms with Crippen LogP contribution in [0.5, 0.6) is 0 Å². The van der Waals surface area contributed by atoms with Gasteiger partial charge in [-0.1, -0.05) is 26.0 Å². The summed E-state index contributed by atoms with van der Waals surface area (Å²) < 4.78 is 25.5. The van der Waals surface area contributed by atoms with E-state index in [2.05, 4.69) is 10.6 Å². The number of benzene rings is 2. The van der Waals surface area contributed by atoms with Gasteiger partial charge in [0.25, 0.3) is 5.91 Å². The van der Waals surface area contributed by atoms with E-state index < -0.39 is 10.0 Å². The van der Waals surface area contributed by atoms with Gasteiger partial charge in [-0.3, -0.25) is 13.9 Å². The second-order valence-electron chi connectivity index (χ2n) is 6.97. The molecule has 1 aliphatic rings. The summed E-state index contributed by atoms with van der Waals surface area (Å²) in [5.74, 6) is -0.491. The molecule has 0 bridgehead atoms. The van der Waals surface area contributed by atoms with Crippen LogP contribution in [0, 0.1) is 5.92 Å². The first kappa shape index (κ1) is 19.9. The Balaban J connectivity index is 1.75. The second-order valence-corrected chi connectivity index (χ2v) is 8.98. The van der Waals surface area contributed by atoms with Crippen LogP contribution < -0.4 is 14.9 Å². The number of carbonyl (C=O) groups is 2. The minimum absolute atomic E-state index is 0.108. The fourth-order valence-corrected chi connectivity index (χ4v) is 4.45. The average molecular weight is 401 g/mol. The predicted molar refractivity (Wildman–Crippen MR) is 110 cm³/mol. The Labute approximate surface area is 164 Å². The van der Waals surface area contributed by atoms with Gasteiger partial charge < -0.3 is 10.6 Å². The first-order valence-electron chi connectivity index (χ1n) is 9.09. The molecule has 2 N–H and O–H groups in total. The van der Waals surface area contributed by atoms with Crippen molar-refractivity contribution in [2.45, 2.75) is 20.3 Å². The summed E-state index contributed by atoms with van der Waals surface area (Å²) in [5.41, 5.74) is 1.97. The van der Waals surface area contributed by atoms with Crippen molar-refractivity contribution in [1.82, 2.24) is 0 Å². The number of anilines is 3. The molecule has 1 saturated heterocycles. The number of sulfonamides is 1. The highest BCUT2D eigenvalue weighted by Gasteiger charge is 2.28. The van der Waals surface area contributed by atoms with Gasteiger partial charge in [0.2, 0.25) is 15.9 Å². The molecular weight excluding hydrogens is 378 g/mol. The lowest BCUT2D eigenvalue weighted by Crippen LogP contribution is -2.25. The fourth-order valence-electron chi connectivity index (χ4n) is 2.90. The van der Waals surface area contributed by atoms with Gasteiger partial charge in [0.15, 0.2) is 0 Å². The minimum atomic E-state index is -3.30. The molecule has 0 unspecified atom stereocenters. The predicted octanol–water partition coefficient (Wildman–Crippen LogP) is 3.07. The first-order valence-corrected chi connectivity index (χ1v) is 10.7. The number of nitrogens with one attached hydrogen (secondary N) is 2. The summed E-state index contributed by atoms with van der Waals surface area (Å²) in [7, 11) is -3.30. The summed E-state index contributed by atoms with van der Waals surface area (Å²) in [5, 5.41) is 5.57. The summed E-state index contributed by atoms with van der Waals surface area (Å²) in [6.07, 6.45) is 0.577. The van der Waals surface area contributed by atoms with Crippen LogP contribution in [-0.2, 0) is 14.8 Å². The molecule has 0 radical (unpaired) electrons. The quantitative estimate of drug-likeness (QED) is 0.805. The molecule has 2 aromatic rings. The highest BCUT2D eigenvalue weighted by molar-refractivity contribution is 7.93. The topological polar surface area (TPSA) is 95.6 Å². The first-order chi connectivity index (χ1) is 13.3. The number of rotatable bonds is 5. The van der Waals surface area contributed by atoms with Crippen LogP contribution in [0.15, 0.2) is 48.5 Å². The van der Waals surface area contributed by atoms with E-state index in [0.717, 1.165) is 0 Å². The van der Waals surface area contributed by atoms with E-state index in [9.17, 15) is 18.0 Å². The van der Waals surface area contributed by atoms with Crippen molar-refractivity contribution in [3.05, 3.63) is 54.1 Å². The highest BCUT2D eigenvalue weighted by Crippen LogP contribution is 2.25. The molecule has 2 amide bonds. The summed E-state index contributed by atoms with van der Waals surface area (Å²) >= 11 is 0. The maximum absolute atomic E-state index is 12.6. The van der Waals surface area contributed by atoms with E-state index in [1.54, 1.807) is 62.4 Å². The molecule has 0 saturated carbocycles. The van der Waals surface area contributed by atoms with Crippen LogP contribution in [0.3, 0.4) is 0 Å². The number of hydrogen-bond acceptors (Lipinski definition) is 4. The lowest BCUT2D eigenvalue weighted by atomic mass is 10.1. The zero-order valence-corrected chi connectivity index (χ0v) is 16.6. The molecule has 28 heavy (non-hydrogen) atoms. The van der Waals surface area contributed by atoms with Crippen molar-refractivity contribution in [1.29, 1.82) is 0 Å². The Bertz CT molecular complexity index is 1000. The van der Waals surface area contributed by atoms with Gasteiger partial charge in [0, 0.05) is 29.4 Å². The van der Waals surface area contributed by atoms with Gasteiger partial charge >= 0.3 is 0 Å². The van der Waals surface area contributed by atoms with Crippen LogP contribution in [-0.4, -0.2) is 32.5 Å². The molecule has 3 rings (SSSR count). The molecule has 7 nitrogen and oxygen atoms in total. The monoisotopic (exact) mass is 401 g/mol. The minimum Gasteiger partial charge on any atom is -0.326 e. The Morgan fingerprint density at radius 1 is 1.00 bits per heavy atom. The third-order valence-corrected chi connectivity index (χ3v) is 6.28. The number of carbonyl (C=O) groups excluding carboxylic acids is 2. The van der Waals surface area contributed by atoms with E-state index in [1.165, 1.54) is 4.31 Å². The Hall–Kier alpha value is -2.87. The Kier molecular flexibility index (Phi) is 5.69. The van der Waals surface area contributed by atoms with Crippen LogP contribution in [0.4, 0.5) is 17.1 Å². The Morgan fingerprint density at radius 3 is 2.32 bits per heavy atom. The SMILES string of the molecule is CC(C)C(=O)Nc1cccc(NC(=O)c2cccc(N3CCCS3(=O)=O)c2)c1. The molecule has 2 aromatic carbocycles. The normalized spacial score (nSPS) is 15.5. The molecule has 1 heterocycles. The third kappa shape index (κ3) is 4.51. The van der Waals surface area contributed by atoms with Crippen LogP contribution in [0.1, 0.15) is 30.6 Å². The zero-order valence-electron chi connectivity index (χ0n) is 15.8. The standard InChI is InChI=1S/C20H23N3O4S/c1-14(2)19(24)21-16-7-4-8-17(13-16)22-20(25)15-6-3-9-18(12-15)23-10-5-11-28(23,26)27/h3-4,6-9,12-14H,5,10-11H2,1-2H3,(H,21,24)(H,22,25). The fraction of sp³-hybridized carbons (Fsp3) is 0.300. The smallest absolute Gasteiger partial charge is 0.255 e. The lowest BCUT2D eigenvalue weighted by Gasteiger charge is -2.17. The van der Waals surface area contributed by atoms with Crippen molar-refractivity contribution in [2.75, 3.05) is 27.2 Å². The van der Waals surface area contributed by atoms with Crippen LogP contribution in [0.25, 0.3) is 0 Å². The van der Waals surface area contributed by atoms with Gasteiger partial charge in [0.05, 0.1) is 11.4 Å². The van der Waals surface area contributed by atoms with Gasteiger partial charge in [-0.2, -0.15) is 0 Å². The van der Waals surface area contributed by atoms with E-state index in [1.807, 2.05) is 0 Å².